The zero-order chi connectivity index (χ0) is 82.2. The molecule has 9 aliphatic rings. The van der Waals surface area contributed by atoms with Gasteiger partial charge in [-0.1, -0.05) is 44.5 Å². The van der Waals surface area contributed by atoms with Crippen LogP contribution in [0.4, 0.5) is 39.5 Å². The molecule has 0 bridgehead atoms. The molecule has 6 heterocycles. The highest BCUT2D eigenvalue weighted by molar-refractivity contribution is 7.99. The SMILES string of the molecule is C=S1(=O)N[C@@H]2CC[C@@]3(S(=O)(=O)c4ccc(C#N)cc4)c4c(F)ccc(F)c4OC[C@H]3[C@@H]2C[C@H]1CC.C=S1(=O)N[C@@H]2CC[C@@]3(S(=O)(=O)c4ccc(Cl)cc4)c4c(F)ccc(F)c4OC[C@H]3[C@@H]2C[C@H]1CC.C=S1(=O)[C@H](C)CC2[C@@H](CC[C@@]3(S(=O)(=O)c4ccc(C(F)(F)F)cc4)c4c(F)ccc(F)c4OC[C@@H]23)N1Cc1ccc(OC)cc1. The summed E-state index contributed by atoms with van der Waals surface area (Å²) in [5, 5.41) is 8.47. The van der Waals surface area contributed by atoms with E-state index in [0.29, 0.717) is 67.0 Å². The number of hydrogen-bond acceptors (Lipinski definition) is 14. The maximum atomic E-state index is 15.8. The van der Waals surface area contributed by atoms with Gasteiger partial charge in [0, 0.05) is 92.3 Å². The van der Waals surface area contributed by atoms with Gasteiger partial charge in [-0.3, -0.25) is 12.6 Å². The average Bonchev–Trinajstić information content (AvgIpc) is 0.691. The molecule has 2 N–H and O–H groups in total. The van der Waals surface area contributed by atoms with Gasteiger partial charge < -0.3 is 18.9 Å². The Morgan fingerprint density at radius 2 is 0.912 bits per heavy atom. The van der Waals surface area contributed by atoms with Crippen molar-refractivity contribution < 1.29 is 96.3 Å². The van der Waals surface area contributed by atoms with Crippen LogP contribution in [0.3, 0.4) is 0 Å². The van der Waals surface area contributed by atoms with Crippen molar-refractivity contribution in [2.24, 2.45) is 35.5 Å². The van der Waals surface area contributed by atoms with Gasteiger partial charge in [0.15, 0.2) is 64.2 Å². The van der Waals surface area contributed by atoms with E-state index < -0.39 is 171 Å². The van der Waals surface area contributed by atoms with Crippen molar-refractivity contribution in [2.75, 3.05) is 26.9 Å². The van der Waals surface area contributed by atoms with Crippen molar-refractivity contribution in [2.45, 2.75) is 167 Å². The Hall–Kier alpha value is -7.32. The zero-order valence-corrected chi connectivity index (χ0v) is 67.9. The first-order valence-corrected chi connectivity index (χ1v) is 47.4. The third-order valence-electron chi connectivity index (χ3n) is 25.6. The van der Waals surface area contributed by atoms with E-state index in [0.717, 1.165) is 54.1 Å². The molecule has 0 radical (unpaired) electrons. The molecule has 114 heavy (non-hydrogen) atoms. The highest BCUT2D eigenvalue weighted by Crippen LogP contribution is 2.64. The molecular weight excluding hydrogens is 1640 g/mol. The van der Waals surface area contributed by atoms with Gasteiger partial charge in [0.05, 0.1) is 75.5 Å². The summed E-state index contributed by atoms with van der Waals surface area (Å²) in [5.74, 6) is 2.75. The molecule has 6 fully saturated rings. The van der Waals surface area contributed by atoms with Gasteiger partial charge in [0.1, 0.15) is 37.4 Å². The highest BCUT2D eigenvalue weighted by Gasteiger charge is 2.68. The molecule has 0 spiro atoms. The van der Waals surface area contributed by atoms with Crippen LogP contribution >= 0.6 is 11.6 Å². The molecule has 0 amide bonds. The van der Waals surface area contributed by atoms with Crippen LogP contribution in [-0.2, 0) is 85.6 Å². The number of nitrogens with zero attached hydrogens (tertiary/aromatic N) is 2. The van der Waals surface area contributed by atoms with E-state index in [-0.39, 0.29) is 125 Å². The quantitative estimate of drug-likeness (QED) is 0.0904. The first-order chi connectivity index (χ1) is 53.7. The first kappa shape index (κ1) is 83.2. The van der Waals surface area contributed by atoms with Crippen molar-refractivity contribution in [1.29, 1.82) is 5.26 Å². The van der Waals surface area contributed by atoms with Crippen LogP contribution in [0.2, 0.25) is 5.02 Å². The molecule has 18 atom stereocenters. The lowest BCUT2D eigenvalue weighted by Gasteiger charge is -2.58. The summed E-state index contributed by atoms with van der Waals surface area (Å²) in [6, 6.07) is 28.0. The Bertz CT molecular complexity index is 5720. The van der Waals surface area contributed by atoms with E-state index in [9.17, 15) is 59.8 Å². The second kappa shape index (κ2) is 30.2. The van der Waals surface area contributed by atoms with Crippen LogP contribution in [0.5, 0.6) is 23.0 Å². The van der Waals surface area contributed by atoms with Crippen molar-refractivity contribution >= 4 is 87.8 Å². The Kier molecular flexibility index (Phi) is 22.1. The Morgan fingerprint density at radius 1 is 0.544 bits per heavy atom. The number of methoxy groups -OCH3 is 1. The van der Waals surface area contributed by atoms with E-state index in [4.69, 9.17) is 35.8 Å². The number of sulfone groups is 3. The standard InChI is InChI=1S/C32H32F5NO5S2.C25H26F2N2O4S2.C24H26ClF2NO4S2/c1-19-16-24-25-18-43-30-27(34)13-12-26(33)29(30)31(25,45(40,41)23-10-6-21(7-11-23)32(35,36)37)15-14-28(24)38(44(19,3)39)17-20-4-8-22(42-2)9-5-20;1-3-16-12-18-19-14-33-24-21(27)9-8-20(26)23(24)25(19,11-10-22(18)29-34(16,2)30)35(31,32)17-6-4-15(13-28)5-7-17;1-3-15-12-17-18-13-32-23-20(27)9-8-19(26)22(23)24(18,11-10-21(17)28-33(15,2)29)34(30,31)16-6-4-14(25)5-7-16/h4-13,19,24-25,28H,3,14-18H2,1-2H3;4-9,16,18-19,22H,2-3,10-12,14H2,1H3,(H,29,30);4-9,15,17-18,21H,2-3,10-13H2,1H3,(H,28,29)/t19-,24?,25+,28-,31+,44?;16-,18+,19+,22-,25+,34?;15-,17+,18+,21-,24+,33?/m111/s1. The normalized spacial score (nSPS) is 32.7. The summed E-state index contributed by atoms with van der Waals surface area (Å²) < 4.78 is 284. The minimum Gasteiger partial charge on any atom is -0.497 e. The van der Waals surface area contributed by atoms with Crippen molar-refractivity contribution in [1.82, 2.24) is 13.7 Å². The van der Waals surface area contributed by atoms with Gasteiger partial charge in [-0.15, -0.1) is 0 Å². The van der Waals surface area contributed by atoms with E-state index in [2.05, 4.69) is 27.1 Å². The summed E-state index contributed by atoms with van der Waals surface area (Å²) in [4.78, 5) is -0.503. The number of hydrogen-bond donors (Lipinski definition) is 2. The molecule has 17 nitrogen and oxygen atoms in total. The van der Waals surface area contributed by atoms with Crippen LogP contribution < -0.4 is 28.4 Å². The fourth-order valence-electron chi connectivity index (χ4n) is 20.0. The maximum absolute atomic E-state index is 15.8. The number of nitriles is 1. The zero-order valence-electron chi connectivity index (χ0n) is 62.3. The molecular formula is C81H84ClF9N4O13S6. The van der Waals surface area contributed by atoms with E-state index >= 15 is 17.6 Å². The molecule has 3 saturated heterocycles. The average molecular weight is 1720 g/mol. The van der Waals surface area contributed by atoms with Crippen molar-refractivity contribution in [3.8, 4) is 29.1 Å². The van der Waals surface area contributed by atoms with Gasteiger partial charge in [-0.2, -0.15) is 18.4 Å². The lowest BCUT2D eigenvalue weighted by molar-refractivity contribution is -0.137. The molecule has 4 unspecified atom stereocenters. The molecule has 33 heteroatoms. The van der Waals surface area contributed by atoms with Gasteiger partial charge >= 0.3 is 6.18 Å². The molecule has 7 aromatic carbocycles. The molecule has 7 aromatic rings. The number of halogens is 10. The predicted octanol–water partition coefficient (Wildman–Crippen LogP) is 14.5. The summed E-state index contributed by atoms with van der Waals surface area (Å²) in [7, 11) is -19.6. The number of rotatable bonds is 11. The number of fused-ring (bicyclic) bond motifs is 15. The Labute approximate surface area is 663 Å². The number of alkyl halides is 3. The van der Waals surface area contributed by atoms with E-state index in [1.807, 2.05) is 32.0 Å². The first-order valence-electron chi connectivity index (χ1n) is 37.2. The van der Waals surface area contributed by atoms with Gasteiger partial charge in [0.25, 0.3) is 0 Å². The highest BCUT2D eigenvalue weighted by atomic mass is 35.5. The lowest BCUT2D eigenvalue weighted by atomic mass is 9.64. The summed E-state index contributed by atoms with van der Waals surface area (Å²) in [5.41, 5.74) is -0.889. The summed E-state index contributed by atoms with van der Waals surface area (Å²) in [6.45, 7) is 5.35. The van der Waals surface area contributed by atoms with Gasteiger partial charge in [0.2, 0.25) is 0 Å². The topological polar surface area (TPSA) is 242 Å². The van der Waals surface area contributed by atoms with Crippen LogP contribution in [0.15, 0.2) is 148 Å². The molecule has 3 saturated carbocycles. The minimum absolute atomic E-state index is 0.00276. The summed E-state index contributed by atoms with van der Waals surface area (Å²) >= 11 is 5.99. The molecule has 3 aliphatic carbocycles. The minimum atomic E-state index is -4.70. The van der Waals surface area contributed by atoms with Crippen molar-refractivity contribution in [3.63, 3.8) is 0 Å². The van der Waals surface area contributed by atoms with Crippen LogP contribution in [0.1, 0.15) is 125 Å². The summed E-state index contributed by atoms with van der Waals surface area (Å²) in [6.07, 6.45) is -1.75. The van der Waals surface area contributed by atoms with Crippen LogP contribution in [-0.4, -0.2) is 121 Å². The third kappa shape index (κ3) is 13.4. The Balaban J connectivity index is 0.000000143. The largest absolute Gasteiger partial charge is 0.497 e. The van der Waals surface area contributed by atoms with Crippen LogP contribution in [0.25, 0.3) is 0 Å². The predicted molar refractivity (Wildman–Crippen MR) is 418 cm³/mol. The van der Waals surface area contributed by atoms with E-state index in [1.54, 1.807) is 30.5 Å². The molecule has 612 valence electrons. The lowest BCUT2D eigenvalue weighted by Crippen LogP contribution is -2.64. The maximum Gasteiger partial charge on any atom is 0.416 e. The fraction of sp³-hybridized carbons (Fsp3) is 0.432. The number of ether oxygens (including phenoxy) is 4. The third-order valence-corrected chi connectivity index (χ3v) is 40.8. The molecule has 0 aromatic heterocycles. The van der Waals surface area contributed by atoms with E-state index in [1.165, 1.54) is 48.5 Å². The monoisotopic (exact) mass is 1720 g/mol. The number of nitrogens with one attached hydrogen (secondary N) is 2. The second-order valence-electron chi connectivity index (χ2n) is 31.0. The van der Waals surface area contributed by atoms with Gasteiger partial charge in [-0.05, 0) is 233 Å². The molecule has 6 aliphatic heterocycles. The van der Waals surface area contributed by atoms with Gasteiger partial charge in [-0.25, -0.2) is 65.3 Å². The Morgan fingerprint density at radius 3 is 1.29 bits per heavy atom. The molecule has 16 rings (SSSR count). The van der Waals surface area contributed by atoms with Crippen molar-refractivity contribution in [3.05, 3.63) is 207 Å². The van der Waals surface area contributed by atoms with Crippen LogP contribution in [0, 0.1) is 81.7 Å². The smallest absolute Gasteiger partial charge is 0.416 e. The fourth-order valence-corrected chi connectivity index (χ4v) is 33.6. The number of benzene rings is 7. The second-order valence-corrected chi connectivity index (χ2v) is 45.4.